The summed E-state index contributed by atoms with van der Waals surface area (Å²) in [6.45, 7) is 5.79. The number of nitrogens with one attached hydrogen (secondary N) is 1. The van der Waals surface area contributed by atoms with E-state index < -0.39 is 0 Å². The molecule has 0 aliphatic carbocycles. The molecule has 0 unspecified atom stereocenters. The van der Waals surface area contributed by atoms with Crippen molar-refractivity contribution < 1.29 is 4.74 Å². The van der Waals surface area contributed by atoms with Crippen molar-refractivity contribution in [3.8, 4) is 6.07 Å². The molecule has 1 heterocycles. The van der Waals surface area contributed by atoms with Crippen LogP contribution in [0.2, 0.25) is 0 Å². The van der Waals surface area contributed by atoms with Crippen molar-refractivity contribution in [2.24, 2.45) is 0 Å². The number of pyridine rings is 1. The molecule has 0 fully saturated rings. The normalized spacial score (nSPS) is 10.2. The number of ether oxygens (including phenoxy) is 1. The van der Waals surface area contributed by atoms with E-state index in [1.165, 1.54) is 0 Å². The first-order valence-corrected chi connectivity index (χ1v) is 5.94. The Hall–Kier alpha value is -1.60. The van der Waals surface area contributed by atoms with E-state index in [0.29, 0.717) is 11.8 Å². The Bertz CT molecular complexity index is 354. The van der Waals surface area contributed by atoms with E-state index in [9.17, 15) is 0 Å². The Labute approximate surface area is 103 Å². The maximum Gasteiger partial charge on any atom is 0.140 e. The fourth-order valence-electron chi connectivity index (χ4n) is 1.34. The Kier molecular flexibility index (Phi) is 6.05. The zero-order chi connectivity index (χ0) is 12.5. The zero-order valence-electron chi connectivity index (χ0n) is 10.4. The molecule has 92 valence electrons. The van der Waals surface area contributed by atoms with Crippen molar-refractivity contribution >= 4 is 5.69 Å². The molecule has 17 heavy (non-hydrogen) atoms. The van der Waals surface area contributed by atoms with Crippen LogP contribution in [0.25, 0.3) is 0 Å². The van der Waals surface area contributed by atoms with Crippen LogP contribution in [0.3, 0.4) is 0 Å². The van der Waals surface area contributed by atoms with Crippen LogP contribution in [0.1, 0.15) is 32.4 Å². The summed E-state index contributed by atoms with van der Waals surface area (Å²) < 4.78 is 5.45. The van der Waals surface area contributed by atoms with Crippen molar-refractivity contribution in [1.29, 1.82) is 5.26 Å². The monoisotopic (exact) mass is 233 g/mol. The molecular formula is C13H19N3O. The molecular weight excluding hydrogens is 214 g/mol. The smallest absolute Gasteiger partial charge is 0.140 e. The molecule has 4 heteroatoms. The Balaban J connectivity index is 2.12. The van der Waals surface area contributed by atoms with Crippen molar-refractivity contribution in [2.75, 3.05) is 18.5 Å². The van der Waals surface area contributed by atoms with Gasteiger partial charge in [0.2, 0.25) is 0 Å². The molecule has 1 aromatic heterocycles. The van der Waals surface area contributed by atoms with Gasteiger partial charge in [0.1, 0.15) is 11.8 Å². The molecule has 0 amide bonds. The highest BCUT2D eigenvalue weighted by molar-refractivity contribution is 5.42. The quantitative estimate of drug-likeness (QED) is 0.735. The van der Waals surface area contributed by atoms with E-state index in [2.05, 4.69) is 10.3 Å². The van der Waals surface area contributed by atoms with Gasteiger partial charge in [0.15, 0.2) is 0 Å². The lowest BCUT2D eigenvalue weighted by atomic mass is 10.3. The van der Waals surface area contributed by atoms with Gasteiger partial charge in [-0.15, -0.1) is 0 Å². The summed E-state index contributed by atoms with van der Waals surface area (Å²) in [5.41, 5.74) is 1.40. The molecule has 0 atom stereocenters. The average molecular weight is 233 g/mol. The standard InChI is InChI=1S/C13H19N3O/c1-11(2)17-8-4-3-7-15-13-6-5-12(9-14)16-10-13/h5-6,10-11,15H,3-4,7-8H2,1-2H3. The van der Waals surface area contributed by atoms with E-state index in [4.69, 9.17) is 10.00 Å². The summed E-state index contributed by atoms with van der Waals surface area (Å²) in [7, 11) is 0. The molecule has 0 saturated heterocycles. The highest BCUT2D eigenvalue weighted by Crippen LogP contribution is 2.05. The number of aromatic nitrogens is 1. The summed E-state index contributed by atoms with van der Waals surface area (Å²) in [6.07, 6.45) is 4.11. The van der Waals surface area contributed by atoms with Gasteiger partial charge in [-0.2, -0.15) is 5.26 Å². The second kappa shape index (κ2) is 7.64. The average Bonchev–Trinajstić information content (AvgIpc) is 2.34. The Morgan fingerprint density at radius 1 is 1.41 bits per heavy atom. The number of anilines is 1. The first-order chi connectivity index (χ1) is 8.22. The first kappa shape index (κ1) is 13.5. The predicted octanol–water partition coefficient (Wildman–Crippen LogP) is 2.57. The van der Waals surface area contributed by atoms with Crippen molar-refractivity contribution in [3.05, 3.63) is 24.0 Å². The minimum absolute atomic E-state index is 0.311. The zero-order valence-corrected chi connectivity index (χ0v) is 10.4. The third-order valence-electron chi connectivity index (χ3n) is 2.23. The van der Waals surface area contributed by atoms with Crippen LogP contribution in [0, 0.1) is 11.3 Å². The van der Waals surface area contributed by atoms with Crippen LogP contribution in [-0.4, -0.2) is 24.2 Å². The van der Waals surface area contributed by atoms with Crippen molar-refractivity contribution in [3.63, 3.8) is 0 Å². The van der Waals surface area contributed by atoms with Gasteiger partial charge in [0, 0.05) is 13.2 Å². The van der Waals surface area contributed by atoms with Crippen molar-refractivity contribution in [1.82, 2.24) is 4.98 Å². The summed E-state index contributed by atoms with van der Waals surface area (Å²) >= 11 is 0. The van der Waals surface area contributed by atoms with Gasteiger partial charge in [-0.25, -0.2) is 4.98 Å². The van der Waals surface area contributed by atoms with Gasteiger partial charge in [0.05, 0.1) is 18.0 Å². The van der Waals surface area contributed by atoms with Crippen molar-refractivity contribution in [2.45, 2.75) is 32.8 Å². The maximum absolute atomic E-state index is 8.60. The molecule has 1 aromatic rings. The highest BCUT2D eigenvalue weighted by Gasteiger charge is 1.95. The summed E-state index contributed by atoms with van der Waals surface area (Å²) in [5.74, 6) is 0. The van der Waals surface area contributed by atoms with Crippen LogP contribution in [-0.2, 0) is 4.74 Å². The number of nitrogens with zero attached hydrogens (tertiary/aromatic N) is 2. The molecule has 0 aliphatic rings. The molecule has 0 aromatic carbocycles. The lowest BCUT2D eigenvalue weighted by Gasteiger charge is -2.08. The van der Waals surface area contributed by atoms with Crippen LogP contribution in [0.15, 0.2) is 18.3 Å². The SMILES string of the molecule is CC(C)OCCCCNc1ccc(C#N)nc1. The van der Waals surface area contributed by atoms with E-state index in [1.807, 2.05) is 26.0 Å². The van der Waals surface area contributed by atoms with Gasteiger partial charge < -0.3 is 10.1 Å². The van der Waals surface area contributed by atoms with E-state index >= 15 is 0 Å². The van der Waals surface area contributed by atoms with Gasteiger partial charge >= 0.3 is 0 Å². The topological polar surface area (TPSA) is 57.9 Å². The highest BCUT2D eigenvalue weighted by atomic mass is 16.5. The summed E-state index contributed by atoms with van der Waals surface area (Å²) in [6, 6.07) is 5.58. The lowest BCUT2D eigenvalue weighted by molar-refractivity contribution is 0.0765. The summed E-state index contributed by atoms with van der Waals surface area (Å²) in [5, 5.41) is 11.9. The van der Waals surface area contributed by atoms with Gasteiger partial charge in [-0.05, 0) is 38.8 Å². The third-order valence-corrected chi connectivity index (χ3v) is 2.23. The fourth-order valence-corrected chi connectivity index (χ4v) is 1.34. The second-order valence-corrected chi connectivity index (χ2v) is 4.10. The predicted molar refractivity (Wildman–Crippen MR) is 67.8 cm³/mol. The van der Waals surface area contributed by atoms with Gasteiger partial charge in [0.25, 0.3) is 0 Å². The largest absolute Gasteiger partial charge is 0.384 e. The number of hydrogen-bond donors (Lipinski definition) is 1. The molecule has 1 rings (SSSR count). The lowest BCUT2D eigenvalue weighted by Crippen LogP contribution is -2.07. The third kappa shape index (κ3) is 5.88. The van der Waals surface area contributed by atoms with Crippen LogP contribution < -0.4 is 5.32 Å². The van der Waals surface area contributed by atoms with E-state index in [0.717, 1.165) is 31.7 Å². The Morgan fingerprint density at radius 2 is 2.24 bits per heavy atom. The second-order valence-electron chi connectivity index (χ2n) is 4.10. The first-order valence-electron chi connectivity index (χ1n) is 5.94. The number of rotatable bonds is 7. The number of hydrogen-bond acceptors (Lipinski definition) is 4. The van der Waals surface area contributed by atoms with Crippen LogP contribution in [0.4, 0.5) is 5.69 Å². The number of nitriles is 1. The summed E-state index contributed by atoms with van der Waals surface area (Å²) in [4.78, 5) is 3.99. The van der Waals surface area contributed by atoms with E-state index in [-0.39, 0.29) is 0 Å². The minimum Gasteiger partial charge on any atom is -0.384 e. The van der Waals surface area contributed by atoms with Crippen LogP contribution in [0.5, 0.6) is 0 Å². The molecule has 1 N–H and O–H groups in total. The number of unbranched alkanes of at least 4 members (excludes halogenated alkanes) is 1. The van der Waals surface area contributed by atoms with Gasteiger partial charge in [-0.1, -0.05) is 0 Å². The molecule has 0 bridgehead atoms. The molecule has 0 aliphatic heterocycles. The molecule has 0 spiro atoms. The van der Waals surface area contributed by atoms with Crippen LogP contribution >= 0.6 is 0 Å². The van der Waals surface area contributed by atoms with E-state index in [1.54, 1.807) is 12.3 Å². The molecule has 0 saturated carbocycles. The molecule has 4 nitrogen and oxygen atoms in total. The Morgan fingerprint density at radius 3 is 2.82 bits per heavy atom. The van der Waals surface area contributed by atoms with Gasteiger partial charge in [-0.3, -0.25) is 0 Å². The fraction of sp³-hybridized carbons (Fsp3) is 0.538. The minimum atomic E-state index is 0.311. The molecule has 0 radical (unpaired) electrons. The maximum atomic E-state index is 8.60.